The Morgan fingerprint density at radius 1 is 1.06 bits per heavy atom. The number of imidazole rings is 1. The molecule has 1 aliphatic rings. The summed E-state index contributed by atoms with van der Waals surface area (Å²) in [7, 11) is 0. The van der Waals surface area contributed by atoms with Gasteiger partial charge < -0.3 is 14.2 Å². The Hall–Kier alpha value is -3.67. The second-order valence-corrected chi connectivity index (χ2v) is 8.49. The lowest BCUT2D eigenvalue weighted by atomic mass is 10.1. The van der Waals surface area contributed by atoms with Crippen molar-refractivity contribution in [2.24, 2.45) is 0 Å². The number of halogens is 1. The summed E-state index contributed by atoms with van der Waals surface area (Å²) in [6.45, 7) is 3.78. The molecule has 2 heterocycles. The summed E-state index contributed by atoms with van der Waals surface area (Å²) in [6, 6.07) is 22.5. The molecule has 0 N–H and O–H groups in total. The van der Waals surface area contributed by atoms with Gasteiger partial charge in [0, 0.05) is 25.4 Å². The molecule has 5 nitrogen and oxygen atoms in total. The smallest absolute Gasteiger partial charge is 0.227 e. The van der Waals surface area contributed by atoms with Crippen LogP contribution in [0, 0.1) is 12.7 Å². The molecule has 1 fully saturated rings. The van der Waals surface area contributed by atoms with Gasteiger partial charge in [-0.25, -0.2) is 9.37 Å². The van der Waals surface area contributed by atoms with Crippen molar-refractivity contribution < 1.29 is 13.9 Å². The number of anilines is 1. The molecule has 1 aliphatic heterocycles. The fraction of sp³-hybridized carbons (Fsp3) is 0.259. The third-order valence-electron chi connectivity index (χ3n) is 6.10. The van der Waals surface area contributed by atoms with Gasteiger partial charge >= 0.3 is 0 Å². The minimum atomic E-state index is -0.381. The van der Waals surface area contributed by atoms with Crippen molar-refractivity contribution in [2.45, 2.75) is 32.2 Å². The van der Waals surface area contributed by atoms with Gasteiger partial charge in [-0.05, 0) is 55.3 Å². The Balaban J connectivity index is 1.36. The molecule has 6 heteroatoms. The quantitative estimate of drug-likeness (QED) is 0.356. The van der Waals surface area contributed by atoms with Crippen molar-refractivity contribution in [3.05, 3.63) is 90.0 Å². The maximum Gasteiger partial charge on any atom is 0.227 e. The van der Waals surface area contributed by atoms with E-state index in [-0.39, 0.29) is 17.6 Å². The fourth-order valence-electron chi connectivity index (χ4n) is 4.54. The summed E-state index contributed by atoms with van der Waals surface area (Å²) < 4.78 is 22.5. The first-order valence-electron chi connectivity index (χ1n) is 11.3. The van der Waals surface area contributed by atoms with Crippen molar-refractivity contribution in [1.29, 1.82) is 0 Å². The molecule has 0 radical (unpaired) electrons. The van der Waals surface area contributed by atoms with E-state index in [2.05, 4.69) is 10.6 Å². The predicted octanol–water partition coefficient (Wildman–Crippen LogP) is 5.47. The summed E-state index contributed by atoms with van der Waals surface area (Å²) >= 11 is 0. The van der Waals surface area contributed by atoms with Crippen LogP contribution in [0.4, 0.5) is 10.1 Å². The van der Waals surface area contributed by atoms with Gasteiger partial charge in [0.2, 0.25) is 5.91 Å². The first-order valence-corrected chi connectivity index (χ1v) is 11.3. The van der Waals surface area contributed by atoms with Crippen LogP contribution in [0.5, 0.6) is 5.75 Å². The Labute approximate surface area is 192 Å². The van der Waals surface area contributed by atoms with Gasteiger partial charge in [0.25, 0.3) is 0 Å². The van der Waals surface area contributed by atoms with E-state index >= 15 is 0 Å². The molecule has 168 valence electrons. The maximum absolute atomic E-state index is 14.3. The topological polar surface area (TPSA) is 47.4 Å². The first-order chi connectivity index (χ1) is 16.1. The molecule has 0 spiro atoms. The van der Waals surface area contributed by atoms with E-state index in [0.29, 0.717) is 25.3 Å². The number of rotatable bonds is 7. The van der Waals surface area contributed by atoms with E-state index in [1.165, 1.54) is 11.6 Å². The van der Waals surface area contributed by atoms with Gasteiger partial charge in [0.1, 0.15) is 17.4 Å². The summed E-state index contributed by atoms with van der Waals surface area (Å²) in [5.41, 5.74) is 3.45. The summed E-state index contributed by atoms with van der Waals surface area (Å²) in [5.74, 6) is 1.19. The molecular formula is C27H26FN3O2. The van der Waals surface area contributed by atoms with Crippen molar-refractivity contribution in [1.82, 2.24) is 9.55 Å². The zero-order valence-corrected chi connectivity index (χ0v) is 18.6. The molecule has 4 aromatic rings. The number of hydrogen-bond acceptors (Lipinski definition) is 3. The van der Waals surface area contributed by atoms with Crippen LogP contribution in [0.25, 0.3) is 11.0 Å². The number of aryl methyl sites for hydroxylation is 2. The average molecular weight is 444 g/mol. The van der Waals surface area contributed by atoms with Crippen LogP contribution in [-0.2, 0) is 11.3 Å². The van der Waals surface area contributed by atoms with Gasteiger partial charge in [-0.3, -0.25) is 4.79 Å². The number of carbonyl (C=O) groups excluding carboxylic acids is 1. The highest BCUT2D eigenvalue weighted by atomic mass is 19.1. The van der Waals surface area contributed by atoms with Crippen molar-refractivity contribution in [2.75, 3.05) is 18.1 Å². The molecule has 33 heavy (non-hydrogen) atoms. The van der Waals surface area contributed by atoms with Gasteiger partial charge in [-0.2, -0.15) is 0 Å². The fourth-order valence-corrected chi connectivity index (χ4v) is 4.54. The number of fused-ring (bicyclic) bond motifs is 1. The first kappa shape index (κ1) is 21.2. The van der Waals surface area contributed by atoms with Crippen LogP contribution >= 0.6 is 0 Å². The molecule has 5 rings (SSSR count). The highest BCUT2D eigenvalue weighted by Crippen LogP contribution is 2.34. The zero-order valence-electron chi connectivity index (χ0n) is 18.6. The largest absolute Gasteiger partial charge is 0.494 e. The van der Waals surface area contributed by atoms with Crippen LogP contribution in [-0.4, -0.2) is 28.6 Å². The maximum atomic E-state index is 14.3. The molecule has 0 saturated carbocycles. The van der Waals surface area contributed by atoms with Crippen molar-refractivity contribution >= 4 is 22.6 Å². The predicted molar refractivity (Wildman–Crippen MR) is 127 cm³/mol. The highest BCUT2D eigenvalue weighted by Gasteiger charge is 2.35. The Morgan fingerprint density at radius 2 is 1.88 bits per heavy atom. The lowest BCUT2D eigenvalue weighted by Crippen LogP contribution is -2.25. The van der Waals surface area contributed by atoms with E-state index < -0.39 is 0 Å². The molecule has 1 aromatic heterocycles. The van der Waals surface area contributed by atoms with E-state index in [1.54, 1.807) is 23.1 Å². The lowest BCUT2D eigenvalue weighted by Gasteiger charge is -2.18. The number of benzene rings is 3. The lowest BCUT2D eigenvalue weighted by molar-refractivity contribution is -0.117. The average Bonchev–Trinajstić information content (AvgIpc) is 3.37. The van der Waals surface area contributed by atoms with Crippen LogP contribution in [0.2, 0.25) is 0 Å². The van der Waals surface area contributed by atoms with Gasteiger partial charge in [-0.1, -0.05) is 36.4 Å². The SMILES string of the molecule is Cc1cccc(OCCCn2c([C@H]3CC(=O)N(c4ccccc4F)C3)nc3ccccc32)c1. The van der Waals surface area contributed by atoms with Gasteiger partial charge in [0.15, 0.2) is 0 Å². The van der Waals surface area contributed by atoms with E-state index in [0.717, 1.165) is 35.6 Å². The highest BCUT2D eigenvalue weighted by molar-refractivity contribution is 5.96. The Morgan fingerprint density at radius 3 is 2.73 bits per heavy atom. The zero-order chi connectivity index (χ0) is 22.8. The normalized spacial score (nSPS) is 16.0. The summed E-state index contributed by atoms with van der Waals surface area (Å²) in [5, 5.41) is 0. The standard InChI is InChI=1S/C27H26FN3O2/c1-19-8-6-9-21(16-19)33-15-7-14-30-25-13-5-3-11-23(25)29-27(30)20-17-26(32)31(18-20)24-12-4-2-10-22(24)28/h2-6,8-13,16,20H,7,14-15,17-18H2,1H3/t20-/m0/s1. The molecule has 1 amide bonds. The minimum absolute atomic E-state index is 0.0773. The van der Waals surface area contributed by atoms with Crippen LogP contribution in [0.1, 0.15) is 30.1 Å². The second kappa shape index (κ2) is 9.06. The Kier molecular flexibility index (Phi) is 5.82. The number of amides is 1. The van der Waals surface area contributed by atoms with Gasteiger partial charge in [0.05, 0.1) is 23.3 Å². The van der Waals surface area contributed by atoms with Crippen molar-refractivity contribution in [3.8, 4) is 5.75 Å². The minimum Gasteiger partial charge on any atom is -0.494 e. The molecule has 1 atom stereocenters. The number of carbonyl (C=O) groups is 1. The molecular weight excluding hydrogens is 417 g/mol. The number of ether oxygens (including phenoxy) is 1. The molecule has 0 unspecified atom stereocenters. The summed E-state index contributed by atoms with van der Waals surface area (Å²) in [6.07, 6.45) is 1.12. The monoisotopic (exact) mass is 443 g/mol. The van der Waals surface area contributed by atoms with Crippen molar-refractivity contribution in [3.63, 3.8) is 0 Å². The van der Waals surface area contributed by atoms with Crippen LogP contribution in [0.3, 0.4) is 0 Å². The van der Waals surface area contributed by atoms with Crippen LogP contribution in [0.15, 0.2) is 72.8 Å². The Bertz CT molecular complexity index is 1300. The third-order valence-corrected chi connectivity index (χ3v) is 6.10. The molecule has 0 bridgehead atoms. The molecule has 3 aromatic carbocycles. The van der Waals surface area contributed by atoms with Gasteiger partial charge in [-0.15, -0.1) is 0 Å². The van der Waals surface area contributed by atoms with E-state index in [4.69, 9.17) is 9.72 Å². The number of nitrogens with zero attached hydrogens (tertiary/aromatic N) is 3. The van der Waals surface area contributed by atoms with Crippen LogP contribution < -0.4 is 9.64 Å². The van der Waals surface area contributed by atoms with E-state index in [9.17, 15) is 9.18 Å². The summed E-state index contributed by atoms with van der Waals surface area (Å²) in [4.78, 5) is 19.2. The number of aromatic nitrogens is 2. The molecule has 1 saturated heterocycles. The third kappa shape index (κ3) is 4.33. The molecule has 0 aliphatic carbocycles. The number of para-hydroxylation sites is 3. The second-order valence-electron chi connectivity index (χ2n) is 8.49. The number of hydrogen-bond donors (Lipinski definition) is 0. The van der Waals surface area contributed by atoms with E-state index in [1.807, 2.05) is 49.4 Å².